The normalized spacial score (nSPS) is 20.2. The molecule has 0 radical (unpaired) electrons. The summed E-state index contributed by atoms with van der Waals surface area (Å²) in [6, 6.07) is 3.81. The van der Waals surface area contributed by atoms with Crippen molar-refractivity contribution in [3.63, 3.8) is 0 Å². The van der Waals surface area contributed by atoms with Crippen LogP contribution in [0.3, 0.4) is 0 Å². The zero-order chi connectivity index (χ0) is 25.1. The van der Waals surface area contributed by atoms with Crippen LogP contribution >= 0.6 is 0 Å². The summed E-state index contributed by atoms with van der Waals surface area (Å²) >= 11 is 0. The maximum Gasteiger partial charge on any atom is 0.420 e. The fourth-order valence-corrected chi connectivity index (χ4v) is 5.35. The molecule has 0 aromatic carbocycles. The van der Waals surface area contributed by atoms with E-state index in [1.54, 1.807) is 10.9 Å². The number of furan rings is 1. The van der Waals surface area contributed by atoms with Gasteiger partial charge >= 0.3 is 6.18 Å². The van der Waals surface area contributed by atoms with E-state index in [0.717, 1.165) is 36.1 Å². The van der Waals surface area contributed by atoms with Crippen LogP contribution in [0.25, 0.3) is 11.3 Å². The first-order chi connectivity index (χ1) is 17.2. The number of hydrogen-bond donors (Lipinski definition) is 1. The molecule has 11 heteroatoms. The largest absolute Gasteiger partial charge is 0.454 e. The zero-order valence-corrected chi connectivity index (χ0v) is 19.7. The Labute approximate surface area is 204 Å². The minimum Gasteiger partial charge on any atom is -0.454 e. The Morgan fingerprint density at radius 3 is 2.78 bits per heavy atom. The van der Waals surface area contributed by atoms with Crippen LogP contribution in [0.15, 0.2) is 28.9 Å². The summed E-state index contributed by atoms with van der Waals surface area (Å²) in [5, 5.41) is 7.10. The monoisotopic (exact) mass is 502 g/mol. The molecule has 1 atom stereocenters. The molecule has 190 valence electrons. The van der Waals surface area contributed by atoms with Gasteiger partial charge in [-0.15, -0.1) is 0 Å². The zero-order valence-electron chi connectivity index (χ0n) is 19.7. The number of carbonyl (C=O) groups excluding carboxylic acids is 1. The molecule has 3 aromatic heterocycles. The molecule has 1 saturated heterocycles. The molecule has 0 bridgehead atoms. The SMILES string of the molecule is Cc1ccc(Cn2cc3c(n2)-c2c(oc(C(=O)NC[C@@H]4COCO4)c2C(F)(F)F)CC32CCC2)nc1. The second kappa shape index (κ2) is 8.45. The molecule has 36 heavy (non-hydrogen) atoms. The maximum absolute atomic E-state index is 14.4. The second-order valence-electron chi connectivity index (χ2n) is 9.82. The van der Waals surface area contributed by atoms with Crippen LogP contribution in [-0.4, -0.2) is 46.7 Å². The average Bonchev–Trinajstić information content (AvgIpc) is 3.54. The number of fused-ring (bicyclic) bond motifs is 4. The summed E-state index contributed by atoms with van der Waals surface area (Å²) < 4.78 is 60.9. The summed E-state index contributed by atoms with van der Waals surface area (Å²) in [7, 11) is 0. The first kappa shape index (κ1) is 23.2. The van der Waals surface area contributed by atoms with Crippen molar-refractivity contribution >= 4 is 5.91 Å². The van der Waals surface area contributed by atoms with E-state index in [1.807, 2.05) is 25.3 Å². The number of carbonyl (C=O) groups is 1. The number of halogens is 3. The molecule has 1 amide bonds. The van der Waals surface area contributed by atoms with Crippen LogP contribution in [0.5, 0.6) is 0 Å². The summed E-state index contributed by atoms with van der Waals surface area (Å²) in [5.41, 5.74) is 1.26. The quantitative estimate of drug-likeness (QED) is 0.567. The molecule has 0 unspecified atom stereocenters. The number of nitrogens with zero attached hydrogens (tertiary/aromatic N) is 3. The fraction of sp³-hybridized carbons (Fsp3) is 0.480. The number of aromatic nitrogens is 3. The Kier molecular flexibility index (Phi) is 5.45. The first-order valence-corrected chi connectivity index (χ1v) is 11.9. The van der Waals surface area contributed by atoms with Crippen LogP contribution < -0.4 is 5.32 Å². The van der Waals surface area contributed by atoms with Crippen LogP contribution in [0.4, 0.5) is 13.2 Å². The summed E-state index contributed by atoms with van der Waals surface area (Å²) in [6.45, 7) is 2.64. The molecule has 8 nitrogen and oxygen atoms in total. The molecule has 6 rings (SSSR count). The third kappa shape index (κ3) is 3.90. The molecular weight excluding hydrogens is 477 g/mol. The van der Waals surface area contributed by atoms with Crippen LogP contribution in [0, 0.1) is 6.92 Å². The Bertz CT molecular complexity index is 1300. The summed E-state index contributed by atoms with van der Waals surface area (Å²) in [6.07, 6.45) is 1.30. The highest BCUT2D eigenvalue weighted by Gasteiger charge is 2.52. The van der Waals surface area contributed by atoms with E-state index in [-0.39, 0.29) is 42.4 Å². The van der Waals surface area contributed by atoms with Gasteiger partial charge in [-0.05, 0) is 31.4 Å². The predicted octanol–water partition coefficient (Wildman–Crippen LogP) is 3.99. The van der Waals surface area contributed by atoms with Gasteiger partial charge in [-0.25, -0.2) is 0 Å². The van der Waals surface area contributed by atoms with E-state index in [2.05, 4.69) is 15.4 Å². The van der Waals surface area contributed by atoms with Gasteiger partial charge < -0.3 is 19.2 Å². The van der Waals surface area contributed by atoms with Crippen LogP contribution in [0.1, 0.15) is 58.0 Å². The minimum absolute atomic E-state index is 0.0227. The van der Waals surface area contributed by atoms with Crippen LogP contribution in [-0.2, 0) is 34.0 Å². The lowest BCUT2D eigenvalue weighted by Gasteiger charge is -2.43. The third-order valence-electron chi connectivity index (χ3n) is 7.33. The topological polar surface area (TPSA) is 91.4 Å². The predicted molar refractivity (Wildman–Crippen MR) is 120 cm³/mol. The number of ether oxygens (including phenoxy) is 2. The Balaban J connectivity index is 1.40. The van der Waals surface area contributed by atoms with Crippen molar-refractivity contribution in [2.45, 2.75) is 56.8 Å². The number of nitrogens with one attached hydrogen (secondary N) is 1. The number of amides is 1. The molecule has 2 fully saturated rings. The maximum atomic E-state index is 14.4. The van der Waals surface area contributed by atoms with Crippen molar-refractivity contribution < 1.29 is 31.9 Å². The Morgan fingerprint density at radius 1 is 1.31 bits per heavy atom. The van der Waals surface area contributed by atoms with Gasteiger partial charge in [0, 0.05) is 36.3 Å². The fourth-order valence-electron chi connectivity index (χ4n) is 5.35. The van der Waals surface area contributed by atoms with E-state index in [9.17, 15) is 18.0 Å². The minimum atomic E-state index is -4.81. The molecule has 3 aromatic rings. The molecule has 2 aliphatic carbocycles. The molecule has 1 N–H and O–H groups in total. The lowest BCUT2D eigenvalue weighted by Crippen LogP contribution is -2.38. The van der Waals surface area contributed by atoms with Crippen molar-refractivity contribution in [3.8, 4) is 11.3 Å². The van der Waals surface area contributed by atoms with Crippen molar-refractivity contribution in [3.05, 3.63) is 58.4 Å². The highest BCUT2D eigenvalue weighted by molar-refractivity contribution is 5.96. The Hall–Kier alpha value is -3.18. The molecule has 3 aliphatic rings. The summed E-state index contributed by atoms with van der Waals surface area (Å²) in [4.78, 5) is 17.3. The van der Waals surface area contributed by atoms with Gasteiger partial charge in [0.15, 0.2) is 0 Å². The highest BCUT2D eigenvalue weighted by atomic mass is 19.4. The number of hydrogen-bond acceptors (Lipinski definition) is 6. The van der Waals surface area contributed by atoms with Crippen molar-refractivity contribution in [2.75, 3.05) is 19.9 Å². The van der Waals surface area contributed by atoms with E-state index in [4.69, 9.17) is 13.9 Å². The average molecular weight is 502 g/mol. The lowest BCUT2D eigenvalue weighted by molar-refractivity contribution is -0.137. The Morgan fingerprint density at radius 2 is 2.14 bits per heavy atom. The van der Waals surface area contributed by atoms with Gasteiger partial charge in [0.1, 0.15) is 29.9 Å². The van der Waals surface area contributed by atoms with Crippen molar-refractivity contribution in [1.29, 1.82) is 0 Å². The van der Waals surface area contributed by atoms with E-state index in [0.29, 0.717) is 13.0 Å². The van der Waals surface area contributed by atoms with Gasteiger partial charge in [0.25, 0.3) is 5.91 Å². The van der Waals surface area contributed by atoms with Crippen molar-refractivity contribution in [2.24, 2.45) is 0 Å². The second-order valence-corrected chi connectivity index (χ2v) is 9.82. The standard InChI is InChI=1S/C25H25F3N4O4/c1-14-3-4-15(29-8-14)10-32-11-17-21(31-32)19-18(7-24(17)5-2-6-24)36-22(20(19)25(26,27)28)23(33)30-9-16-12-34-13-35-16/h3-4,8,11,16H,2,5-7,9-10,12-13H2,1H3,(H,30,33)/t16-/m1/s1. The van der Waals surface area contributed by atoms with E-state index < -0.39 is 29.5 Å². The molecule has 4 heterocycles. The smallest absolute Gasteiger partial charge is 0.420 e. The number of pyridine rings is 1. The number of alkyl halides is 3. The molecule has 1 aliphatic heterocycles. The number of aryl methyl sites for hydroxylation is 1. The van der Waals surface area contributed by atoms with E-state index in [1.165, 1.54) is 0 Å². The van der Waals surface area contributed by atoms with Crippen molar-refractivity contribution in [1.82, 2.24) is 20.1 Å². The first-order valence-electron chi connectivity index (χ1n) is 11.9. The number of rotatable bonds is 5. The van der Waals surface area contributed by atoms with Gasteiger partial charge in [0.05, 0.1) is 24.4 Å². The van der Waals surface area contributed by atoms with Gasteiger partial charge in [-0.3, -0.25) is 14.5 Å². The van der Waals surface area contributed by atoms with Gasteiger partial charge in [0.2, 0.25) is 5.76 Å². The van der Waals surface area contributed by atoms with E-state index >= 15 is 0 Å². The molecule has 1 spiro atoms. The lowest BCUT2D eigenvalue weighted by atomic mass is 9.59. The van der Waals surface area contributed by atoms with Gasteiger partial charge in [-0.1, -0.05) is 12.5 Å². The molecule has 1 saturated carbocycles. The third-order valence-corrected chi connectivity index (χ3v) is 7.33. The summed E-state index contributed by atoms with van der Waals surface area (Å²) in [5.74, 6) is -1.50. The van der Waals surface area contributed by atoms with Crippen LogP contribution in [0.2, 0.25) is 0 Å². The van der Waals surface area contributed by atoms with Gasteiger partial charge in [-0.2, -0.15) is 18.3 Å². The molecular formula is C25H25F3N4O4. The highest BCUT2D eigenvalue weighted by Crippen LogP contribution is 2.56.